The van der Waals surface area contributed by atoms with E-state index in [1.807, 2.05) is 0 Å². The number of H-pyrrole nitrogens is 1. The molecule has 1 aliphatic heterocycles. The number of aromatic amines is 1. The standard InChI is InChI=1S/C14H14BrFN2O2S/c15-8-5-10(16)13-11(6-8)17-12(18-14(13)19)7-21-9-1-3-20-4-2-9/h5-6,9H,1-4,7H2,(H,17,18,19). The van der Waals surface area contributed by atoms with E-state index in [-0.39, 0.29) is 5.39 Å². The van der Waals surface area contributed by atoms with Gasteiger partial charge in [0.15, 0.2) is 0 Å². The maximum absolute atomic E-state index is 13.8. The van der Waals surface area contributed by atoms with Crippen molar-refractivity contribution in [2.75, 3.05) is 13.2 Å². The van der Waals surface area contributed by atoms with Gasteiger partial charge in [0, 0.05) is 22.9 Å². The summed E-state index contributed by atoms with van der Waals surface area (Å²) in [5.41, 5.74) is -0.0409. The Labute approximate surface area is 133 Å². The molecule has 1 saturated heterocycles. The van der Waals surface area contributed by atoms with Crippen molar-refractivity contribution in [3.8, 4) is 0 Å². The Hall–Kier alpha value is -0.920. The summed E-state index contributed by atoms with van der Waals surface area (Å²) in [6.07, 6.45) is 2.03. The fraction of sp³-hybridized carbons (Fsp3) is 0.429. The molecule has 21 heavy (non-hydrogen) atoms. The molecule has 1 aliphatic rings. The molecule has 3 rings (SSSR count). The molecule has 7 heteroatoms. The molecule has 0 bridgehead atoms. The highest BCUT2D eigenvalue weighted by atomic mass is 79.9. The fourth-order valence-corrected chi connectivity index (χ4v) is 3.82. The van der Waals surface area contributed by atoms with Crippen molar-refractivity contribution in [1.82, 2.24) is 9.97 Å². The number of rotatable bonds is 3. The summed E-state index contributed by atoms with van der Waals surface area (Å²) in [5, 5.41) is 0.539. The Bertz CT molecular complexity index is 716. The van der Waals surface area contributed by atoms with Crippen LogP contribution in [0.4, 0.5) is 4.39 Å². The molecule has 112 valence electrons. The van der Waals surface area contributed by atoms with Crippen molar-refractivity contribution in [2.24, 2.45) is 0 Å². The highest BCUT2D eigenvalue weighted by molar-refractivity contribution is 9.10. The maximum atomic E-state index is 13.8. The van der Waals surface area contributed by atoms with Crippen molar-refractivity contribution < 1.29 is 9.13 Å². The summed E-state index contributed by atoms with van der Waals surface area (Å²) in [4.78, 5) is 19.0. The third-order valence-electron chi connectivity index (χ3n) is 3.40. The van der Waals surface area contributed by atoms with Crippen LogP contribution >= 0.6 is 27.7 Å². The Kier molecular flexibility index (Phi) is 4.61. The van der Waals surface area contributed by atoms with Gasteiger partial charge in [0.05, 0.1) is 11.3 Å². The van der Waals surface area contributed by atoms with E-state index in [1.54, 1.807) is 17.8 Å². The molecule has 0 radical (unpaired) electrons. The second-order valence-electron chi connectivity index (χ2n) is 4.92. The first-order valence-corrected chi connectivity index (χ1v) is 8.55. The first-order valence-electron chi connectivity index (χ1n) is 6.71. The van der Waals surface area contributed by atoms with Gasteiger partial charge in [0.25, 0.3) is 5.56 Å². The monoisotopic (exact) mass is 372 g/mol. The van der Waals surface area contributed by atoms with Crippen molar-refractivity contribution in [2.45, 2.75) is 23.8 Å². The number of fused-ring (bicyclic) bond motifs is 1. The number of nitrogens with one attached hydrogen (secondary N) is 1. The normalized spacial score (nSPS) is 16.5. The summed E-state index contributed by atoms with van der Waals surface area (Å²) in [5.74, 6) is 0.641. The molecule has 0 saturated carbocycles. The van der Waals surface area contributed by atoms with E-state index in [0.717, 1.165) is 26.1 Å². The van der Waals surface area contributed by atoms with E-state index in [9.17, 15) is 9.18 Å². The molecule has 2 heterocycles. The van der Waals surface area contributed by atoms with Gasteiger partial charge in [0.2, 0.25) is 0 Å². The lowest BCUT2D eigenvalue weighted by molar-refractivity contribution is 0.1000. The second-order valence-corrected chi connectivity index (χ2v) is 7.12. The van der Waals surface area contributed by atoms with Crippen LogP contribution in [0.15, 0.2) is 21.4 Å². The van der Waals surface area contributed by atoms with Crippen LogP contribution in [0, 0.1) is 5.82 Å². The van der Waals surface area contributed by atoms with Gasteiger partial charge in [-0.25, -0.2) is 9.37 Å². The minimum atomic E-state index is -0.559. The molecule has 0 unspecified atom stereocenters. The quantitative estimate of drug-likeness (QED) is 0.898. The lowest BCUT2D eigenvalue weighted by Gasteiger charge is -2.21. The van der Waals surface area contributed by atoms with Gasteiger partial charge in [0.1, 0.15) is 17.0 Å². The van der Waals surface area contributed by atoms with Gasteiger partial charge in [-0.15, -0.1) is 0 Å². The lowest BCUT2D eigenvalue weighted by Crippen LogP contribution is -2.18. The van der Waals surface area contributed by atoms with Crippen molar-refractivity contribution in [3.63, 3.8) is 0 Å². The Balaban J connectivity index is 1.84. The summed E-state index contributed by atoms with van der Waals surface area (Å²) in [6.45, 7) is 1.58. The van der Waals surface area contributed by atoms with Gasteiger partial charge in [-0.05, 0) is 25.0 Å². The maximum Gasteiger partial charge on any atom is 0.261 e. The zero-order valence-electron chi connectivity index (χ0n) is 11.2. The molecule has 1 fully saturated rings. The molecular weight excluding hydrogens is 359 g/mol. The fourth-order valence-electron chi connectivity index (χ4n) is 2.35. The van der Waals surface area contributed by atoms with Gasteiger partial charge in [-0.3, -0.25) is 4.79 Å². The molecule has 0 spiro atoms. The zero-order chi connectivity index (χ0) is 14.8. The average Bonchev–Trinajstić information content (AvgIpc) is 2.45. The number of halogens is 2. The van der Waals surface area contributed by atoms with Crippen LogP contribution in [0.1, 0.15) is 18.7 Å². The summed E-state index contributed by atoms with van der Waals surface area (Å²) in [6, 6.07) is 2.94. The molecule has 4 nitrogen and oxygen atoms in total. The van der Waals surface area contributed by atoms with Crippen LogP contribution < -0.4 is 5.56 Å². The summed E-state index contributed by atoms with van der Waals surface area (Å²) < 4.78 is 19.7. The molecule has 1 aromatic carbocycles. The summed E-state index contributed by atoms with van der Waals surface area (Å²) >= 11 is 4.98. The highest BCUT2D eigenvalue weighted by Gasteiger charge is 2.15. The van der Waals surface area contributed by atoms with Gasteiger partial charge >= 0.3 is 0 Å². The lowest BCUT2D eigenvalue weighted by atomic mass is 10.2. The third-order valence-corrected chi connectivity index (χ3v) is 5.24. The molecule has 0 aliphatic carbocycles. The summed E-state index contributed by atoms with van der Waals surface area (Å²) in [7, 11) is 0. The average molecular weight is 373 g/mol. The predicted octanol–water partition coefficient (Wildman–Crippen LogP) is 3.24. The van der Waals surface area contributed by atoms with Crippen molar-refractivity contribution in [3.05, 3.63) is 38.6 Å². The number of hydrogen-bond donors (Lipinski definition) is 1. The molecule has 2 aromatic rings. The Morgan fingerprint density at radius 3 is 2.95 bits per heavy atom. The minimum absolute atomic E-state index is 0.0121. The van der Waals surface area contributed by atoms with Gasteiger partial charge < -0.3 is 9.72 Å². The topological polar surface area (TPSA) is 55.0 Å². The largest absolute Gasteiger partial charge is 0.381 e. The van der Waals surface area contributed by atoms with E-state index in [0.29, 0.717) is 26.8 Å². The second kappa shape index (κ2) is 6.46. The van der Waals surface area contributed by atoms with E-state index in [2.05, 4.69) is 25.9 Å². The van der Waals surface area contributed by atoms with Crippen molar-refractivity contribution >= 4 is 38.6 Å². The van der Waals surface area contributed by atoms with E-state index < -0.39 is 11.4 Å². The van der Waals surface area contributed by atoms with Gasteiger partial charge in [-0.2, -0.15) is 11.8 Å². The molecule has 1 aromatic heterocycles. The number of thioether (sulfide) groups is 1. The van der Waals surface area contributed by atoms with Crippen LogP contribution in [-0.4, -0.2) is 28.4 Å². The Morgan fingerprint density at radius 1 is 1.43 bits per heavy atom. The molecule has 0 amide bonds. The number of aromatic nitrogens is 2. The first-order chi connectivity index (χ1) is 10.1. The number of nitrogens with zero attached hydrogens (tertiary/aromatic N) is 1. The Morgan fingerprint density at radius 2 is 2.19 bits per heavy atom. The zero-order valence-corrected chi connectivity index (χ0v) is 13.6. The van der Waals surface area contributed by atoms with Crippen LogP contribution in [-0.2, 0) is 10.5 Å². The number of hydrogen-bond acceptors (Lipinski definition) is 4. The molecular formula is C14H14BrFN2O2S. The number of benzene rings is 1. The minimum Gasteiger partial charge on any atom is -0.381 e. The molecule has 0 atom stereocenters. The van der Waals surface area contributed by atoms with E-state index in [4.69, 9.17) is 4.74 Å². The van der Waals surface area contributed by atoms with Crippen LogP contribution in [0.2, 0.25) is 0 Å². The van der Waals surface area contributed by atoms with E-state index >= 15 is 0 Å². The number of ether oxygens (including phenoxy) is 1. The van der Waals surface area contributed by atoms with Crippen molar-refractivity contribution in [1.29, 1.82) is 0 Å². The smallest absolute Gasteiger partial charge is 0.261 e. The van der Waals surface area contributed by atoms with Crippen LogP contribution in [0.5, 0.6) is 0 Å². The highest BCUT2D eigenvalue weighted by Crippen LogP contribution is 2.25. The van der Waals surface area contributed by atoms with Crippen LogP contribution in [0.25, 0.3) is 10.9 Å². The predicted molar refractivity (Wildman–Crippen MR) is 85.2 cm³/mol. The van der Waals surface area contributed by atoms with E-state index in [1.165, 1.54) is 6.07 Å². The third kappa shape index (κ3) is 3.46. The van der Waals surface area contributed by atoms with Crippen LogP contribution in [0.3, 0.4) is 0 Å². The first kappa shape index (κ1) is 15.0. The SMILES string of the molecule is O=c1[nH]c(CSC2CCOCC2)nc2cc(Br)cc(F)c12. The van der Waals surface area contributed by atoms with Gasteiger partial charge in [-0.1, -0.05) is 15.9 Å². The molecule has 1 N–H and O–H groups in total.